The van der Waals surface area contributed by atoms with Gasteiger partial charge in [-0.3, -0.25) is 4.79 Å². The van der Waals surface area contributed by atoms with Gasteiger partial charge in [-0.25, -0.2) is 4.98 Å². The number of thiophene rings is 1. The lowest BCUT2D eigenvalue weighted by atomic mass is 10.2. The molecule has 0 aromatic carbocycles. The third-order valence-electron chi connectivity index (χ3n) is 3.44. The minimum Gasteiger partial charge on any atom is -0.334 e. The summed E-state index contributed by atoms with van der Waals surface area (Å²) in [5, 5.41) is 3.97. The normalized spacial score (nSPS) is 20.2. The Bertz CT molecular complexity index is 553. The van der Waals surface area contributed by atoms with Crippen molar-refractivity contribution >= 4 is 40.3 Å². The minimum atomic E-state index is -0.0679. The lowest BCUT2D eigenvalue weighted by molar-refractivity contribution is -0.131. The third-order valence-corrected chi connectivity index (χ3v) is 6.42. The fraction of sp³-hybridized carbons (Fsp3) is 0.429. The van der Waals surface area contributed by atoms with Crippen molar-refractivity contribution in [3.05, 3.63) is 34.0 Å². The van der Waals surface area contributed by atoms with E-state index >= 15 is 0 Å². The van der Waals surface area contributed by atoms with Crippen LogP contribution in [-0.4, -0.2) is 27.6 Å². The van der Waals surface area contributed by atoms with Crippen molar-refractivity contribution in [2.75, 3.05) is 6.54 Å². The molecule has 0 saturated carbocycles. The molecule has 0 aliphatic carbocycles. The smallest absolute Gasteiger partial charge is 0.236 e. The summed E-state index contributed by atoms with van der Waals surface area (Å²) < 4.78 is 0.970. The average molecular weight is 324 g/mol. The van der Waals surface area contributed by atoms with Crippen LogP contribution in [0.1, 0.15) is 30.7 Å². The molecule has 2 atom stereocenters. The van der Waals surface area contributed by atoms with Crippen molar-refractivity contribution in [1.82, 2.24) is 9.88 Å². The van der Waals surface area contributed by atoms with Crippen molar-refractivity contribution in [2.45, 2.75) is 35.4 Å². The Morgan fingerprint density at radius 2 is 2.40 bits per heavy atom. The van der Waals surface area contributed by atoms with Gasteiger partial charge < -0.3 is 4.90 Å². The van der Waals surface area contributed by atoms with E-state index in [0.29, 0.717) is 0 Å². The molecule has 2 aromatic heterocycles. The number of likely N-dealkylation sites (tertiary alicyclic amines) is 1. The second-order valence-corrected chi connectivity index (χ2v) is 8.22. The van der Waals surface area contributed by atoms with Crippen LogP contribution in [0.25, 0.3) is 0 Å². The van der Waals surface area contributed by atoms with Gasteiger partial charge in [-0.1, -0.05) is 17.8 Å². The number of rotatable bonds is 4. The lowest BCUT2D eigenvalue weighted by Crippen LogP contribution is -2.35. The van der Waals surface area contributed by atoms with Crippen molar-refractivity contribution in [3.63, 3.8) is 0 Å². The van der Waals surface area contributed by atoms with Gasteiger partial charge in [0.05, 0.1) is 11.3 Å². The number of carbonyl (C=O) groups is 1. The lowest BCUT2D eigenvalue weighted by Gasteiger charge is -2.26. The van der Waals surface area contributed by atoms with Crippen LogP contribution in [-0.2, 0) is 4.79 Å². The van der Waals surface area contributed by atoms with E-state index in [2.05, 4.69) is 27.4 Å². The molecule has 0 bridgehead atoms. The Hall–Kier alpha value is -0.850. The maximum Gasteiger partial charge on any atom is 0.236 e. The van der Waals surface area contributed by atoms with Crippen LogP contribution in [0.4, 0.5) is 0 Å². The van der Waals surface area contributed by atoms with Gasteiger partial charge in [-0.2, -0.15) is 0 Å². The largest absolute Gasteiger partial charge is 0.334 e. The van der Waals surface area contributed by atoms with E-state index in [1.807, 2.05) is 12.3 Å². The van der Waals surface area contributed by atoms with Crippen LogP contribution in [0.5, 0.6) is 0 Å². The van der Waals surface area contributed by atoms with E-state index in [-0.39, 0.29) is 17.2 Å². The first-order valence-corrected chi connectivity index (χ1v) is 9.29. The molecule has 0 spiro atoms. The summed E-state index contributed by atoms with van der Waals surface area (Å²) in [4.78, 5) is 20.3. The molecule has 0 N–H and O–H groups in total. The molecular weight excluding hydrogens is 308 g/mol. The molecule has 1 aliphatic heterocycles. The maximum atomic E-state index is 12.7. The zero-order chi connectivity index (χ0) is 13.9. The van der Waals surface area contributed by atoms with Gasteiger partial charge in [-0.05, 0) is 31.2 Å². The highest BCUT2D eigenvalue weighted by Crippen LogP contribution is 2.36. The molecule has 0 unspecified atom stereocenters. The molecule has 1 saturated heterocycles. The van der Waals surface area contributed by atoms with Gasteiger partial charge in [-0.15, -0.1) is 22.7 Å². The van der Waals surface area contributed by atoms with E-state index in [9.17, 15) is 4.79 Å². The summed E-state index contributed by atoms with van der Waals surface area (Å²) in [6.07, 6.45) is 3.97. The Kier molecular flexibility index (Phi) is 4.43. The summed E-state index contributed by atoms with van der Waals surface area (Å²) in [6.45, 7) is 2.86. The first-order valence-electron chi connectivity index (χ1n) is 6.66. The molecule has 106 valence electrons. The highest BCUT2D eigenvalue weighted by atomic mass is 32.2. The second kappa shape index (κ2) is 6.28. The number of thiazole rings is 1. The first-order chi connectivity index (χ1) is 9.75. The summed E-state index contributed by atoms with van der Waals surface area (Å²) in [5.41, 5.74) is 0. The molecule has 6 heteroatoms. The summed E-state index contributed by atoms with van der Waals surface area (Å²) in [7, 11) is 0. The Balaban J connectivity index is 1.69. The SMILES string of the molecule is C[C@H](Sc1nccs1)C(=O)N1CCC[C@H]1c1cccs1. The van der Waals surface area contributed by atoms with E-state index in [1.165, 1.54) is 4.88 Å². The Morgan fingerprint density at radius 3 is 3.10 bits per heavy atom. The maximum absolute atomic E-state index is 12.7. The Morgan fingerprint density at radius 1 is 1.50 bits per heavy atom. The second-order valence-electron chi connectivity index (χ2n) is 4.76. The predicted molar refractivity (Wildman–Crippen MR) is 85.4 cm³/mol. The molecule has 3 rings (SSSR count). The van der Waals surface area contributed by atoms with E-state index in [1.54, 1.807) is 40.6 Å². The molecular formula is C14H16N2OS3. The molecule has 1 fully saturated rings. The first kappa shape index (κ1) is 14.1. The summed E-state index contributed by atoms with van der Waals surface area (Å²) in [6, 6.07) is 4.48. The topological polar surface area (TPSA) is 33.2 Å². The van der Waals surface area contributed by atoms with Crippen molar-refractivity contribution in [2.24, 2.45) is 0 Å². The zero-order valence-electron chi connectivity index (χ0n) is 11.2. The monoisotopic (exact) mass is 324 g/mol. The fourth-order valence-corrected chi connectivity index (χ4v) is 5.23. The molecule has 2 aromatic rings. The fourth-order valence-electron chi connectivity index (χ4n) is 2.51. The predicted octanol–water partition coefficient (Wildman–Crippen LogP) is 4.05. The number of nitrogens with zero attached hydrogens (tertiary/aromatic N) is 2. The highest BCUT2D eigenvalue weighted by molar-refractivity contribution is 8.02. The van der Waals surface area contributed by atoms with Crippen molar-refractivity contribution < 1.29 is 4.79 Å². The molecule has 20 heavy (non-hydrogen) atoms. The van der Waals surface area contributed by atoms with E-state index in [0.717, 1.165) is 23.7 Å². The molecule has 3 heterocycles. The van der Waals surface area contributed by atoms with Gasteiger partial charge >= 0.3 is 0 Å². The van der Waals surface area contributed by atoms with Gasteiger partial charge in [0.25, 0.3) is 0 Å². The van der Waals surface area contributed by atoms with Gasteiger partial charge in [0.15, 0.2) is 4.34 Å². The molecule has 0 radical (unpaired) electrons. The number of aromatic nitrogens is 1. The van der Waals surface area contributed by atoms with Crippen LogP contribution >= 0.6 is 34.4 Å². The quantitative estimate of drug-likeness (QED) is 0.796. The van der Waals surface area contributed by atoms with Gasteiger partial charge in [0.1, 0.15) is 0 Å². The van der Waals surface area contributed by atoms with Crippen molar-refractivity contribution in [3.8, 4) is 0 Å². The van der Waals surface area contributed by atoms with Crippen LogP contribution in [0.2, 0.25) is 0 Å². The van der Waals surface area contributed by atoms with Crippen LogP contribution < -0.4 is 0 Å². The average Bonchev–Trinajstić information content (AvgIpc) is 3.18. The zero-order valence-corrected chi connectivity index (χ0v) is 13.6. The van der Waals surface area contributed by atoms with E-state index in [4.69, 9.17) is 0 Å². The number of amides is 1. The Labute approximate surface area is 131 Å². The van der Waals surface area contributed by atoms with Crippen LogP contribution in [0.3, 0.4) is 0 Å². The van der Waals surface area contributed by atoms with Gasteiger partial charge in [0, 0.05) is 23.0 Å². The summed E-state index contributed by atoms with van der Waals surface area (Å²) in [5.74, 6) is 0.237. The van der Waals surface area contributed by atoms with Crippen molar-refractivity contribution in [1.29, 1.82) is 0 Å². The van der Waals surface area contributed by atoms with E-state index < -0.39 is 0 Å². The van der Waals surface area contributed by atoms with Crippen LogP contribution in [0.15, 0.2) is 33.4 Å². The molecule has 1 aliphatic rings. The number of thioether (sulfide) groups is 1. The van der Waals surface area contributed by atoms with Crippen LogP contribution in [0, 0.1) is 0 Å². The van der Waals surface area contributed by atoms with Gasteiger partial charge in [0.2, 0.25) is 5.91 Å². The highest BCUT2D eigenvalue weighted by Gasteiger charge is 2.33. The molecule has 3 nitrogen and oxygen atoms in total. The standard InChI is InChI=1S/C14H16N2OS3/c1-10(20-14-15-6-9-19-14)13(17)16-7-2-4-11(16)12-5-3-8-18-12/h3,5-6,8-11H,2,4,7H2,1H3/t10-,11-/m0/s1. The number of hydrogen-bond donors (Lipinski definition) is 0. The molecule has 1 amide bonds. The number of carbonyl (C=O) groups excluding carboxylic acids is 1. The summed E-state index contributed by atoms with van der Waals surface area (Å²) >= 11 is 4.90. The third kappa shape index (κ3) is 2.92. The number of hydrogen-bond acceptors (Lipinski definition) is 5. The minimum absolute atomic E-state index is 0.0679.